The van der Waals surface area contributed by atoms with Gasteiger partial charge in [0.25, 0.3) is 0 Å². The number of hydrogen-bond acceptors (Lipinski definition) is 5. The summed E-state index contributed by atoms with van der Waals surface area (Å²) in [7, 11) is 0. The van der Waals surface area contributed by atoms with Gasteiger partial charge in [0.05, 0.1) is 4.92 Å². The minimum atomic E-state index is -0.444. The number of anilines is 1. The van der Waals surface area contributed by atoms with Crippen LogP contribution in [0.2, 0.25) is 0 Å². The first-order valence-corrected chi connectivity index (χ1v) is 4.93. The second kappa shape index (κ2) is 3.85. The normalized spacial score (nSPS) is 10.5. The quantitative estimate of drug-likeness (QED) is 0.623. The maximum atomic E-state index is 10.9. The van der Waals surface area contributed by atoms with Crippen molar-refractivity contribution in [2.75, 3.05) is 5.73 Å². The molecule has 0 atom stereocenters. The van der Waals surface area contributed by atoms with Crippen LogP contribution in [0.3, 0.4) is 0 Å². The monoisotopic (exact) mass is 233 g/mol. The van der Waals surface area contributed by atoms with E-state index in [0.29, 0.717) is 22.9 Å². The highest BCUT2D eigenvalue weighted by atomic mass is 16.6. The number of hydrogen-bond donors (Lipinski definition) is 1. The molecule has 0 aromatic carbocycles. The van der Waals surface area contributed by atoms with Crippen LogP contribution >= 0.6 is 0 Å². The van der Waals surface area contributed by atoms with Crippen molar-refractivity contribution in [1.29, 1.82) is 0 Å². The van der Waals surface area contributed by atoms with Gasteiger partial charge in [-0.3, -0.25) is 10.1 Å². The van der Waals surface area contributed by atoms with E-state index in [-0.39, 0.29) is 5.69 Å². The van der Waals surface area contributed by atoms with E-state index in [2.05, 4.69) is 10.1 Å². The molecule has 0 saturated carbocycles. The molecule has 0 unspecified atom stereocenters. The summed E-state index contributed by atoms with van der Waals surface area (Å²) in [6.07, 6.45) is 1.53. The molecule has 7 heteroatoms. The average molecular weight is 233 g/mol. The molecule has 0 fully saturated rings. The van der Waals surface area contributed by atoms with Gasteiger partial charge in [0.15, 0.2) is 5.82 Å². The van der Waals surface area contributed by atoms with E-state index in [4.69, 9.17) is 5.73 Å². The summed E-state index contributed by atoms with van der Waals surface area (Å²) in [4.78, 5) is 14.5. The van der Waals surface area contributed by atoms with Crippen LogP contribution in [-0.2, 0) is 0 Å². The van der Waals surface area contributed by atoms with Crippen molar-refractivity contribution in [1.82, 2.24) is 14.8 Å². The van der Waals surface area contributed by atoms with Gasteiger partial charge in [-0.25, -0.2) is 9.67 Å². The number of aryl methyl sites for hydroxylation is 1. The highest BCUT2D eigenvalue weighted by molar-refractivity contribution is 5.47. The van der Waals surface area contributed by atoms with Crippen LogP contribution in [0.25, 0.3) is 5.82 Å². The Morgan fingerprint density at radius 2 is 2.18 bits per heavy atom. The number of nitro groups is 1. The molecule has 0 aliphatic heterocycles. The van der Waals surface area contributed by atoms with Gasteiger partial charge in [-0.2, -0.15) is 5.10 Å². The molecule has 0 amide bonds. The molecule has 2 N–H and O–H groups in total. The van der Waals surface area contributed by atoms with E-state index in [1.54, 1.807) is 26.0 Å². The molecule has 2 aromatic heterocycles. The molecule has 2 aromatic rings. The maximum Gasteiger partial charge on any atom is 0.313 e. The van der Waals surface area contributed by atoms with Crippen LogP contribution in [0, 0.1) is 24.0 Å². The average Bonchev–Trinajstić information content (AvgIpc) is 2.54. The summed E-state index contributed by atoms with van der Waals surface area (Å²) >= 11 is 0. The second-order valence-corrected chi connectivity index (χ2v) is 3.64. The Bertz CT molecular complexity index is 590. The predicted octanol–water partition coefficient (Wildman–Crippen LogP) is 1.37. The number of nitrogens with two attached hydrogens (primary N) is 1. The molecule has 2 heterocycles. The van der Waals surface area contributed by atoms with Gasteiger partial charge in [0.2, 0.25) is 0 Å². The third kappa shape index (κ3) is 1.82. The second-order valence-electron chi connectivity index (χ2n) is 3.64. The number of nitrogens with zero attached hydrogens (tertiary/aromatic N) is 4. The fourth-order valence-electron chi connectivity index (χ4n) is 1.67. The number of pyridine rings is 1. The van der Waals surface area contributed by atoms with Gasteiger partial charge in [0, 0.05) is 18.0 Å². The van der Waals surface area contributed by atoms with Crippen LogP contribution in [0.4, 0.5) is 11.4 Å². The van der Waals surface area contributed by atoms with Gasteiger partial charge < -0.3 is 5.73 Å². The summed E-state index contributed by atoms with van der Waals surface area (Å²) in [5.41, 5.74) is 6.97. The molecule has 0 aliphatic carbocycles. The highest BCUT2D eigenvalue weighted by Gasteiger charge is 2.22. The van der Waals surface area contributed by atoms with E-state index >= 15 is 0 Å². The van der Waals surface area contributed by atoms with Crippen molar-refractivity contribution < 1.29 is 4.92 Å². The van der Waals surface area contributed by atoms with Crippen LogP contribution in [-0.4, -0.2) is 19.7 Å². The topological polar surface area (TPSA) is 99.9 Å². The predicted molar refractivity (Wildman–Crippen MR) is 61.9 cm³/mol. The zero-order valence-corrected chi connectivity index (χ0v) is 9.41. The lowest BCUT2D eigenvalue weighted by Crippen LogP contribution is -2.03. The highest BCUT2D eigenvalue weighted by Crippen LogP contribution is 2.24. The fourth-order valence-corrected chi connectivity index (χ4v) is 1.67. The fraction of sp³-hybridized carbons (Fsp3) is 0.200. The third-order valence-electron chi connectivity index (χ3n) is 2.42. The lowest BCUT2D eigenvalue weighted by atomic mass is 10.3. The third-order valence-corrected chi connectivity index (χ3v) is 2.42. The number of rotatable bonds is 2. The molecule has 0 spiro atoms. The zero-order valence-electron chi connectivity index (χ0n) is 9.41. The summed E-state index contributed by atoms with van der Waals surface area (Å²) in [5.74, 6) is 0.471. The Morgan fingerprint density at radius 3 is 2.71 bits per heavy atom. The molecular weight excluding hydrogens is 222 g/mol. The van der Waals surface area contributed by atoms with Crippen molar-refractivity contribution >= 4 is 11.4 Å². The molecular formula is C10H11N5O2. The molecule has 2 rings (SSSR count). The maximum absolute atomic E-state index is 10.9. The van der Waals surface area contributed by atoms with E-state index < -0.39 is 4.92 Å². The van der Waals surface area contributed by atoms with E-state index in [1.807, 2.05) is 0 Å². The van der Waals surface area contributed by atoms with Crippen molar-refractivity contribution in [3.05, 3.63) is 39.8 Å². The summed E-state index contributed by atoms with van der Waals surface area (Å²) < 4.78 is 1.42. The molecule has 0 saturated heterocycles. The first-order chi connectivity index (χ1) is 8.00. The van der Waals surface area contributed by atoms with Gasteiger partial charge >= 0.3 is 5.69 Å². The van der Waals surface area contributed by atoms with Crippen molar-refractivity contribution in [2.45, 2.75) is 13.8 Å². The van der Waals surface area contributed by atoms with Crippen molar-refractivity contribution in [2.24, 2.45) is 0 Å². The minimum Gasteiger partial charge on any atom is -0.399 e. The molecule has 17 heavy (non-hydrogen) atoms. The van der Waals surface area contributed by atoms with Crippen LogP contribution in [0.1, 0.15) is 11.4 Å². The Hall–Kier alpha value is -2.44. The van der Waals surface area contributed by atoms with Crippen molar-refractivity contribution in [3.63, 3.8) is 0 Å². The smallest absolute Gasteiger partial charge is 0.313 e. The van der Waals surface area contributed by atoms with Crippen LogP contribution < -0.4 is 5.73 Å². The van der Waals surface area contributed by atoms with Gasteiger partial charge in [-0.1, -0.05) is 0 Å². The van der Waals surface area contributed by atoms with Gasteiger partial charge in [0.1, 0.15) is 11.4 Å². The largest absolute Gasteiger partial charge is 0.399 e. The van der Waals surface area contributed by atoms with Crippen molar-refractivity contribution in [3.8, 4) is 5.82 Å². The lowest BCUT2D eigenvalue weighted by Gasteiger charge is -2.02. The first kappa shape index (κ1) is 11.1. The molecule has 0 aliphatic rings. The Balaban J connectivity index is 2.62. The van der Waals surface area contributed by atoms with E-state index in [9.17, 15) is 10.1 Å². The van der Waals surface area contributed by atoms with E-state index in [1.165, 1.54) is 10.9 Å². The molecule has 0 radical (unpaired) electrons. The minimum absolute atomic E-state index is 0.00854. The van der Waals surface area contributed by atoms with Gasteiger partial charge in [-0.05, 0) is 19.9 Å². The van der Waals surface area contributed by atoms with Crippen LogP contribution in [0.5, 0.6) is 0 Å². The number of nitrogen functional groups attached to an aromatic ring is 1. The van der Waals surface area contributed by atoms with E-state index in [0.717, 1.165) is 0 Å². The summed E-state index contributed by atoms with van der Waals surface area (Å²) in [6.45, 7) is 3.22. The molecule has 88 valence electrons. The first-order valence-electron chi connectivity index (χ1n) is 4.93. The lowest BCUT2D eigenvalue weighted by molar-refractivity contribution is -0.386. The standard InChI is InChI=1S/C10H11N5O2/c1-6-10(15(16)17)7(2)14(13-6)9-5-8(11)3-4-12-9/h3-5H,1-2H3,(H2,11,12). The summed E-state index contributed by atoms with van der Waals surface area (Å²) in [5, 5.41) is 15.0. The Morgan fingerprint density at radius 1 is 1.47 bits per heavy atom. The summed E-state index contributed by atoms with van der Waals surface area (Å²) in [6, 6.07) is 3.26. The van der Waals surface area contributed by atoms with Crippen LogP contribution in [0.15, 0.2) is 18.3 Å². The number of aromatic nitrogens is 3. The Labute approximate surface area is 97.0 Å². The Kier molecular flexibility index (Phi) is 2.51. The SMILES string of the molecule is Cc1nn(-c2cc(N)ccn2)c(C)c1[N+](=O)[O-]. The molecule has 7 nitrogen and oxygen atoms in total. The van der Waals surface area contributed by atoms with Gasteiger partial charge in [-0.15, -0.1) is 0 Å². The zero-order chi connectivity index (χ0) is 12.6. The molecule has 0 bridgehead atoms.